The van der Waals surface area contributed by atoms with E-state index >= 15 is 0 Å². The molecule has 2 aliphatic carbocycles. The van der Waals surface area contributed by atoms with Gasteiger partial charge in [0.05, 0.1) is 30.8 Å². The van der Waals surface area contributed by atoms with Crippen LogP contribution >= 0.6 is 11.6 Å². The number of hydrogen-bond acceptors (Lipinski definition) is 9. The lowest BCUT2D eigenvalue weighted by Gasteiger charge is -2.53. The smallest absolute Gasteiger partial charge is 0.264 e. The molecule has 59 heavy (non-hydrogen) atoms. The number of carbonyl (C=O) groups excluding carboxylic acids is 1. The lowest BCUT2D eigenvalue weighted by atomic mass is 9.63. The van der Waals surface area contributed by atoms with Crippen LogP contribution in [0.4, 0.5) is 5.69 Å². The van der Waals surface area contributed by atoms with Crippen LogP contribution < -0.4 is 14.4 Å². The largest absolute Gasteiger partial charge is 0.490 e. The number of aryl methyl sites for hydroxylation is 1. The predicted molar refractivity (Wildman–Crippen MR) is 232 cm³/mol. The molecular weight excluding hydrogens is 784 g/mol. The monoisotopic (exact) mass is 842 g/mol. The normalized spacial score (nSPS) is 33.0. The SMILES string of the molecule is CO[C@]1(CN2CCN3CCOC[C@@H]3C2)/C=C/C[C@H](C)[C@@H](Cc2ccccc2)S(=O)(=O)NC(=O)c2ccc3c(c2)N(C[C@@H]2CC[C@H]21)C[C@@]1(CCCc2cc(Cl)ccc21)CO3. The van der Waals surface area contributed by atoms with Crippen LogP contribution in [-0.4, -0.2) is 114 Å². The van der Waals surface area contributed by atoms with E-state index in [0.29, 0.717) is 42.8 Å². The molecule has 3 fully saturated rings. The summed E-state index contributed by atoms with van der Waals surface area (Å²) in [5.74, 6) is 0.328. The first-order chi connectivity index (χ1) is 28.5. The summed E-state index contributed by atoms with van der Waals surface area (Å²) < 4.78 is 50.9. The molecule has 2 saturated heterocycles. The second-order valence-corrected chi connectivity index (χ2v) is 20.5. The van der Waals surface area contributed by atoms with Crippen LogP contribution in [0, 0.1) is 17.8 Å². The van der Waals surface area contributed by atoms with Crippen molar-refractivity contribution in [3.8, 4) is 5.75 Å². The van der Waals surface area contributed by atoms with Gasteiger partial charge < -0.3 is 19.1 Å². The van der Waals surface area contributed by atoms with Crippen LogP contribution in [0.1, 0.15) is 66.1 Å². The van der Waals surface area contributed by atoms with Gasteiger partial charge in [0.2, 0.25) is 10.0 Å². The number of halogens is 1. The molecule has 1 N–H and O–H groups in total. The van der Waals surface area contributed by atoms with Crippen LogP contribution in [0.3, 0.4) is 0 Å². The van der Waals surface area contributed by atoms with Gasteiger partial charge in [-0.2, -0.15) is 0 Å². The highest BCUT2D eigenvalue weighted by Crippen LogP contribution is 2.49. The summed E-state index contributed by atoms with van der Waals surface area (Å²) in [5.41, 5.74) is 3.71. The van der Waals surface area contributed by atoms with Crippen molar-refractivity contribution >= 4 is 33.2 Å². The fourth-order valence-corrected chi connectivity index (χ4v) is 13.1. The van der Waals surface area contributed by atoms with Gasteiger partial charge in [0, 0.05) is 75.0 Å². The molecule has 4 aliphatic heterocycles. The Morgan fingerprint density at radius 1 is 1.02 bits per heavy atom. The number of allylic oxidation sites excluding steroid dienone is 1. The minimum absolute atomic E-state index is 0.226. The molecule has 1 spiro atoms. The third-order valence-corrected chi connectivity index (χ3v) is 16.8. The first-order valence-corrected chi connectivity index (χ1v) is 23.6. The number of hydrogen-bond donors (Lipinski definition) is 1. The maximum atomic E-state index is 14.4. The molecular formula is C47H59ClN4O6S. The molecule has 0 aromatic heterocycles. The average molecular weight is 844 g/mol. The van der Waals surface area contributed by atoms with Crippen LogP contribution in [0.5, 0.6) is 5.75 Å². The lowest BCUT2D eigenvalue weighted by Crippen LogP contribution is -2.62. The minimum atomic E-state index is -4.12. The van der Waals surface area contributed by atoms with Crippen molar-refractivity contribution in [3.05, 3.63) is 106 Å². The number of morpholine rings is 1. The Bertz CT molecular complexity index is 2150. The van der Waals surface area contributed by atoms with E-state index in [2.05, 4.69) is 43.7 Å². The zero-order valence-corrected chi connectivity index (χ0v) is 36.1. The molecule has 3 aromatic rings. The molecule has 9 rings (SSSR count). The molecule has 1 saturated carbocycles. The number of benzene rings is 3. The van der Waals surface area contributed by atoms with Gasteiger partial charge in [0.15, 0.2) is 0 Å². The number of anilines is 1. The standard InChI is InChI=1S/C47H59ClN4O6S/c1-33-8-6-19-47(56-2,31-50-20-21-51-22-23-57-29-39(51)28-50)41-15-12-37(41)27-52-30-46(18-7-11-35-25-38(48)14-16-40(35)46)32-58-43-17-13-36(26-42(43)52)45(53)49-59(54,55)44(33)24-34-9-4-3-5-10-34/h3-6,9-10,13-14,16-17,19,25-26,33,37,39,41,44H,7-8,11-12,15,18,20-24,27-32H2,1-2H3,(H,49,53)/b19-6+/t33-,37-,39-,41+,44+,46-,47-/m0/s1. The van der Waals surface area contributed by atoms with Gasteiger partial charge in [-0.15, -0.1) is 0 Å². The van der Waals surface area contributed by atoms with E-state index in [1.165, 1.54) is 11.1 Å². The van der Waals surface area contributed by atoms with Crippen LogP contribution in [0.25, 0.3) is 0 Å². The van der Waals surface area contributed by atoms with Gasteiger partial charge in [-0.3, -0.25) is 14.6 Å². The summed E-state index contributed by atoms with van der Waals surface area (Å²) in [6.07, 6.45) is 10.3. The van der Waals surface area contributed by atoms with Crippen molar-refractivity contribution in [2.75, 3.05) is 77.6 Å². The highest BCUT2D eigenvalue weighted by molar-refractivity contribution is 7.90. The minimum Gasteiger partial charge on any atom is -0.490 e. The number of carbonyl (C=O) groups is 1. The number of methoxy groups -OCH3 is 1. The van der Waals surface area contributed by atoms with Crippen molar-refractivity contribution in [3.63, 3.8) is 0 Å². The molecule has 0 unspecified atom stereocenters. The molecule has 4 heterocycles. The molecule has 2 bridgehead atoms. The van der Waals surface area contributed by atoms with Gasteiger partial charge in [0.1, 0.15) is 11.4 Å². The number of nitrogens with one attached hydrogen (secondary N) is 1. The predicted octanol–water partition coefficient (Wildman–Crippen LogP) is 6.51. The van der Waals surface area contributed by atoms with Gasteiger partial charge >= 0.3 is 0 Å². The Balaban J connectivity index is 1.12. The Labute approximate surface area is 355 Å². The number of nitrogens with zero attached hydrogens (tertiary/aromatic N) is 3. The van der Waals surface area contributed by atoms with E-state index in [1.807, 2.05) is 62.6 Å². The first-order valence-electron chi connectivity index (χ1n) is 21.7. The maximum absolute atomic E-state index is 14.4. The highest BCUT2D eigenvalue weighted by atomic mass is 35.5. The van der Waals surface area contributed by atoms with Gasteiger partial charge in [0.25, 0.3) is 5.91 Å². The Morgan fingerprint density at radius 3 is 2.69 bits per heavy atom. The Kier molecular flexibility index (Phi) is 11.6. The average Bonchev–Trinajstić information content (AvgIpc) is 3.37. The second-order valence-electron chi connectivity index (χ2n) is 18.2. The summed E-state index contributed by atoms with van der Waals surface area (Å²) in [6, 6.07) is 21.8. The number of rotatable bonds is 5. The van der Waals surface area contributed by atoms with E-state index < -0.39 is 26.8 Å². The zero-order valence-electron chi connectivity index (χ0n) is 34.5. The molecule has 1 amide bonds. The topological polar surface area (TPSA) is 101 Å². The van der Waals surface area contributed by atoms with E-state index in [9.17, 15) is 13.2 Å². The number of amides is 1. The van der Waals surface area contributed by atoms with Crippen LogP contribution in [-0.2, 0) is 37.8 Å². The highest BCUT2D eigenvalue weighted by Gasteiger charge is 2.50. The molecule has 6 aliphatic rings. The molecule has 7 atom stereocenters. The summed E-state index contributed by atoms with van der Waals surface area (Å²) in [6.45, 7) is 10.1. The van der Waals surface area contributed by atoms with E-state index in [4.69, 9.17) is 25.8 Å². The summed E-state index contributed by atoms with van der Waals surface area (Å²) in [5, 5.41) is -0.104. The second kappa shape index (κ2) is 16.8. The van der Waals surface area contributed by atoms with Crippen molar-refractivity contribution in [1.82, 2.24) is 14.5 Å². The van der Waals surface area contributed by atoms with Crippen molar-refractivity contribution in [2.24, 2.45) is 17.8 Å². The van der Waals surface area contributed by atoms with Gasteiger partial charge in [-0.25, -0.2) is 13.1 Å². The Morgan fingerprint density at radius 2 is 1.88 bits per heavy atom. The van der Waals surface area contributed by atoms with Crippen LogP contribution in [0.15, 0.2) is 78.9 Å². The third kappa shape index (κ3) is 8.20. The van der Waals surface area contributed by atoms with Gasteiger partial charge in [-0.05, 0) is 110 Å². The number of sulfonamides is 1. The zero-order chi connectivity index (χ0) is 40.8. The number of fused-ring (bicyclic) bond motifs is 5. The molecule has 10 nitrogen and oxygen atoms in total. The van der Waals surface area contributed by atoms with E-state index in [-0.39, 0.29) is 23.7 Å². The summed E-state index contributed by atoms with van der Waals surface area (Å²) in [7, 11) is -2.26. The fraction of sp³-hybridized carbons (Fsp3) is 0.553. The van der Waals surface area contributed by atoms with Crippen molar-refractivity contribution in [1.29, 1.82) is 0 Å². The molecule has 0 radical (unpaired) electrons. The van der Waals surface area contributed by atoms with E-state index in [0.717, 1.165) is 101 Å². The third-order valence-electron chi connectivity index (χ3n) is 14.6. The van der Waals surface area contributed by atoms with Crippen molar-refractivity contribution < 1.29 is 27.4 Å². The maximum Gasteiger partial charge on any atom is 0.264 e. The molecule has 3 aromatic carbocycles. The van der Waals surface area contributed by atoms with Crippen molar-refractivity contribution in [2.45, 2.75) is 74.2 Å². The first kappa shape index (κ1) is 40.9. The van der Waals surface area contributed by atoms with Crippen LogP contribution in [0.2, 0.25) is 5.02 Å². The fourth-order valence-electron chi connectivity index (χ4n) is 11.2. The number of ether oxygens (including phenoxy) is 3. The summed E-state index contributed by atoms with van der Waals surface area (Å²) in [4.78, 5) is 21.7. The Hall–Kier alpha value is -3.45. The lowest BCUT2D eigenvalue weighted by molar-refractivity contribution is -0.108. The number of piperazine rings is 1. The molecule has 316 valence electrons. The summed E-state index contributed by atoms with van der Waals surface area (Å²) >= 11 is 6.55. The van der Waals surface area contributed by atoms with Gasteiger partial charge in [-0.1, -0.05) is 67.1 Å². The quantitative estimate of drug-likeness (QED) is 0.289. The van der Waals surface area contributed by atoms with E-state index in [1.54, 1.807) is 6.07 Å². The molecule has 12 heteroatoms.